The number of nitrogens with zero attached hydrogens (tertiary/aromatic N) is 8. The number of hydrogen-bond acceptors (Lipinski definition) is 10. The highest BCUT2D eigenvalue weighted by Crippen LogP contribution is 2.22. The normalized spacial score (nSPS) is 17.9. The maximum Gasteiger partial charge on any atom is 0.256 e. The highest BCUT2D eigenvalue weighted by molar-refractivity contribution is 5.97. The number of carbonyl (C=O) groups is 2. The Morgan fingerprint density at radius 3 is 1.31 bits per heavy atom. The van der Waals surface area contributed by atoms with Crippen LogP contribution in [0.3, 0.4) is 0 Å². The van der Waals surface area contributed by atoms with Crippen molar-refractivity contribution in [1.29, 1.82) is 0 Å². The SMILES string of the molecule is CCn1cc(C(=O)NC2CCCCC2)c(=O)c2cnc(N3CCCC3)nc21.CCn1cc(C(=O)NC2CCCCC2)c(=O)c2cnc(N3CCCC3)nc21.Cl. The minimum Gasteiger partial charge on any atom is -0.349 e. The molecular weight excluding hydrogens is 720 g/mol. The molecule has 4 aromatic heterocycles. The molecule has 8 rings (SSSR count). The Morgan fingerprint density at radius 1 is 0.600 bits per heavy atom. The second-order valence-electron chi connectivity index (χ2n) is 15.1. The van der Waals surface area contributed by atoms with Crippen molar-refractivity contribution in [2.75, 3.05) is 36.0 Å². The van der Waals surface area contributed by atoms with Gasteiger partial charge < -0.3 is 29.6 Å². The van der Waals surface area contributed by atoms with Crippen molar-refractivity contribution < 1.29 is 9.59 Å². The average molecular weight is 775 g/mol. The molecule has 2 N–H and O–H groups in total. The van der Waals surface area contributed by atoms with Crippen LogP contribution < -0.4 is 31.3 Å². The van der Waals surface area contributed by atoms with E-state index in [-0.39, 0.29) is 58.3 Å². The first-order valence-electron chi connectivity index (χ1n) is 20.3. The average Bonchev–Trinajstić information content (AvgIpc) is 3.95. The number of hydrogen-bond donors (Lipinski definition) is 2. The lowest BCUT2D eigenvalue weighted by molar-refractivity contribution is 0.0917. The summed E-state index contributed by atoms with van der Waals surface area (Å²) in [5, 5.41) is 6.92. The van der Waals surface area contributed by atoms with Crippen molar-refractivity contribution in [1.82, 2.24) is 39.7 Å². The molecule has 0 bridgehead atoms. The van der Waals surface area contributed by atoms with Crippen molar-refractivity contribution in [2.45, 2.75) is 129 Å². The van der Waals surface area contributed by atoms with Gasteiger partial charge in [0.25, 0.3) is 11.8 Å². The van der Waals surface area contributed by atoms with Gasteiger partial charge in [0.05, 0.1) is 10.8 Å². The smallest absolute Gasteiger partial charge is 0.256 e. The van der Waals surface area contributed by atoms with E-state index in [0.29, 0.717) is 47.1 Å². The zero-order valence-electron chi connectivity index (χ0n) is 32.2. The van der Waals surface area contributed by atoms with Crippen LogP contribution in [0.2, 0.25) is 0 Å². The number of amides is 2. The van der Waals surface area contributed by atoms with Gasteiger partial charge in [0, 0.05) is 76.1 Å². The Morgan fingerprint density at radius 2 is 0.964 bits per heavy atom. The standard InChI is InChI=1S/2C20H27N5O2.ClH/c2*1-2-24-13-16(19(27)22-14-8-4-3-5-9-14)17(26)15-12-21-20(23-18(15)24)25-10-6-7-11-25;/h2*12-14H,2-11H2,1H3,(H,22,27);1H. The summed E-state index contributed by atoms with van der Waals surface area (Å²) in [6, 6.07) is 0.343. The van der Waals surface area contributed by atoms with E-state index < -0.39 is 0 Å². The van der Waals surface area contributed by atoms with Crippen molar-refractivity contribution in [3.63, 3.8) is 0 Å². The molecule has 4 aromatic rings. The number of anilines is 2. The summed E-state index contributed by atoms with van der Waals surface area (Å²) in [5.41, 5.74) is 1.02. The Kier molecular flexibility index (Phi) is 13.4. The van der Waals surface area contributed by atoms with Gasteiger partial charge in [-0.25, -0.2) is 9.97 Å². The van der Waals surface area contributed by atoms with E-state index in [2.05, 4.69) is 40.4 Å². The molecule has 2 saturated carbocycles. The van der Waals surface area contributed by atoms with E-state index in [1.54, 1.807) is 24.8 Å². The van der Waals surface area contributed by atoms with Crippen LogP contribution in [0.15, 0.2) is 34.4 Å². The zero-order chi connectivity index (χ0) is 37.6. The lowest BCUT2D eigenvalue weighted by atomic mass is 9.95. The highest BCUT2D eigenvalue weighted by atomic mass is 35.5. The van der Waals surface area contributed by atoms with E-state index in [9.17, 15) is 19.2 Å². The first kappa shape index (κ1) is 40.1. The summed E-state index contributed by atoms with van der Waals surface area (Å²) in [6.07, 6.45) is 22.0. The molecular formula is C40H55ClN10O4. The largest absolute Gasteiger partial charge is 0.349 e. The molecule has 0 radical (unpaired) electrons. The molecule has 55 heavy (non-hydrogen) atoms. The fourth-order valence-electron chi connectivity index (χ4n) is 8.29. The van der Waals surface area contributed by atoms with Crippen LogP contribution in [0.5, 0.6) is 0 Å². The van der Waals surface area contributed by atoms with Gasteiger partial charge in [0.2, 0.25) is 22.8 Å². The fraction of sp³-hybridized carbons (Fsp3) is 0.600. The Hall–Kier alpha value is -4.59. The van der Waals surface area contributed by atoms with Crippen molar-refractivity contribution >= 4 is 58.2 Å². The summed E-state index contributed by atoms with van der Waals surface area (Å²) in [4.78, 5) is 73.8. The number of rotatable bonds is 8. The molecule has 15 heteroatoms. The van der Waals surface area contributed by atoms with Gasteiger partial charge in [0.1, 0.15) is 22.4 Å². The van der Waals surface area contributed by atoms with Crippen LogP contribution >= 0.6 is 12.4 Å². The van der Waals surface area contributed by atoms with E-state index in [1.165, 1.54) is 12.8 Å². The second-order valence-corrected chi connectivity index (χ2v) is 15.1. The summed E-state index contributed by atoms with van der Waals surface area (Å²) in [6.45, 7) is 9.05. The van der Waals surface area contributed by atoms with E-state index >= 15 is 0 Å². The van der Waals surface area contributed by atoms with E-state index in [1.807, 2.05) is 23.0 Å². The molecule has 2 amide bonds. The third-order valence-electron chi connectivity index (χ3n) is 11.4. The third kappa shape index (κ3) is 8.95. The van der Waals surface area contributed by atoms with Crippen LogP contribution in [-0.4, -0.2) is 79.1 Å². The number of aryl methyl sites for hydroxylation is 2. The lowest BCUT2D eigenvalue weighted by Gasteiger charge is -2.23. The van der Waals surface area contributed by atoms with E-state index in [0.717, 1.165) is 103 Å². The summed E-state index contributed by atoms with van der Waals surface area (Å²) in [5.74, 6) is 0.779. The predicted molar refractivity (Wildman–Crippen MR) is 218 cm³/mol. The number of fused-ring (bicyclic) bond motifs is 2. The Bertz CT molecular complexity index is 1950. The molecule has 2 aliphatic carbocycles. The van der Waals surface area contributed by atoms with Gasteiger partial charge in [-0.15, -0.1) is 12.4 Å². The number of halogens is 1. The Labute approximate surface area is 327 Å². The maximum atomic E-state index is 12.9. The predicted octanol–water partition coefficient (Wildman–Crippen LogP) is 5.37. The van der Waals surface area contributed by atoms with Gasteiger partial charge in [-0.3, -0.25) is 19.2 Å². The van der Waals surface area contributed by atoms with Gasteiger partial charge in [-0.05, 0) is 65.2 Å². The maximum absolute atomic E-state index is 12.9. The minimum atomic E-state index is -0.281. The van der Waals surface area contributed by atoms with Crippen LogP contribution in [0.4, 0.5) is 11.9 Å². The minimum absolute atomic E-state index is 0. The molecule has 296 valence electrons. The van der Waals surface area contributed by atoms with Crippen molar-refractivity contribution in [3.05, 3.63) is 56.4 Å². The molecule has 0 atom stereocenters. The van der Waals surface area contributed by atoms with Gasteiger partial charge >= 0.3 is 0 Å². The first-order valence-corrected chi connectivity index (χ1v) is 20.3. The monoisotopic (exact) mass is 774 g/mol. The quantitative estimate of drug-likeness (QED) is 0.238. The Balaban J connectivity index is 0.000000184. The van der Waals surface area contributed by atoms with Crippen molar-refractivity contribution in [2.24, 2.45) is 0 Å². The topological polar surface area (TPSA) is 160 Å². The molecule has 4 fully saturated rings. The lowest BCUT2D eigenvalue weighted by Crippen LogP contribution is -2.38. The molecule has 4 aliphatic rings. The van der Waals surface area contributed by atoms with Crippen LogP contribution in [-0.2, 0) is 13.1 Å². The molecule has 0 aromatic carbocycles. The number of aromatic nitrogens is 6. The van der Waals surface area contributed by atoms with Gasteiger partial charge in [-0.1, -0.05) is 38.5 Å². The van der Waals surface area contributed by atoms with Crippen LogP contribution in [0.1, 0.15) is 124 Å². The van der Waals surface area contributed by atoms with Crippen molar-refractivity contribution in [3.8, 4) is 0 Å². The third-order valence-corrected chi connectivity index (χ3v) is 11.4. The fourth-order valence-corrected chi connectivity index (χ4v) is 8.29. The molecule has 0 unspecified atom stereocenters. The first-order chi connectivity index (χ1) is 26.3. The van der Waals surface area contributed by atoms with Gasteiger partial charge in [-0.2, -0.15) is 9.97 Å². The van der Waals surface area contributed by atoms with Crippen LogP contribution in [0, 0.1) is 0 Å². The molecule has 2 saturated heterocycles. The summed E-state index contributed by atoms with van der Waals surface area (Å²) < 4.78 is 3.77. The molecule has 14 nitrogen and oxygen atoms in total. The number of pyridine rings is 2. The van der Waals surface area contributed by atoms with Gasteiger partial charge in [0.15, 0.2) is 0 Å². The number of carbonyl (C=O) groups excluding carboxylic acids is 2. The second kappa shape index (κ2) is 18.4. The number of nitrogens with one attached hydrogen (secondary N) is 2. The van der Waals surface area contributed by atoms with Crippen LogP contribution in [0.25, 0.3) is 22.1 Å². The zero-order valence-corrected chi connectivity index (χ0v) is 33.0. The molecule has 2 aliphatic heterocycles. The van der Waals surface area contributed by atoms with E-state index in [4.69, 9.17) is 0 Å². The highest BCUT2D eigenvalue weighted by Gasteiger charge is 2.24. The summed E-state index contributed by atoms with van der Waals surface area (Å²) >= 11 is 0. The molecule has 0 spiro atoms. The molecule has 6 heterocycles. The summed E-state index contributed by atoms with van der Waals surface area (Å²) in [7, 11) is 0.